The van der Waals surface area contributed by atoms with Crippen molar-refractivity contribution in [1.82, 2.24) is 9.88 Å². The number of methoxy groups -OCH3 is 3. The van der Waals surface area contributed by atoms with Crippen molar-refractivity contribution in [2.24, 2.45) is 29.6 Å². The fourth-order valence-electron chi connectivity index (χ4n) is 13.1. The Morgan fingerprint density at radius 2 is 1.55 bits per heavy atom. The first-order chi connectivity index (χ1) is 36.5. The number of anilines is 1. The van der Waals surface area contributed by atoms with Crippen LogP contribution in [-0.4, -0.2) is 173 Å². The quantitative estimate of drug-likeness (QED) is 0.116. The molecule has 1 aromatic heterocycles. The van der Waals surface area contributed by atoms with Gasteiger partial charge in [0.05, 0.1) is 54.7 Å². The number of esters is 2. The van der Waals surface area contributed by atoms with Crippen LogP contribution in [0.3, 0.4) is 0 Å². The second-order valence-electron chi connectivity index (χ2n) is 23.3. The number of aliphatic hydroxyl groups is 2. The van der Waals surface area contributed by atoms with E-state index in [1.807, 2.05) is 107 Å². The predicted molar refractivity (Wildman–Crippen MR) is 297 cm³/mol. The third-order valence-electron chi connectivity index (χ3n) is 17.8. The number of cyclic esters (lactones) is 1. The van der Waals surface area contributed by atoms with E-state index in [0.29, 0.717) is 36.8 Å². The summed E-state index contributed by atoms with van der Waals surface area (Å²) in [5, 5.41) is 23.0. The van der Waals surface area contributed by atoms with Gasteiger partial charge in [-0.15, -0.1) is 11.8 Å². The highest BCUT2D eigenvalue weighted by Gasteiger charge is 2.62. The molecule has 0 radical (unpaired) electrons. The highest BCUT2D eigenvalue weighted by Crippen LogP contribution is 2.51. The van der Waals surface area contributed by atoms with Gasteiger partial charge in [0, 0.05) is 99.8 Å². The first kappa shape index (κ1) is 60.2. The van der Waals surface area contributed by atoms with Crippen molar-refractivity contribution >= 4 is 57.8 Å². The van der Waals surface area contributed by atoms with Gasteiger partial charge in [-0.3, -0.25) is 19.4 Å². The SMILES string of the molecule is COc1ccc(N(CCS[C@@H]2C(=O)O[C@@]3(C)[C@H]2[C@@H](C)C(=O)[C@H](C)C[C@@](C)(OC)[C@@H]2O[C@@H]4O[C@H](C[C@@H]5O[C@H](C[C@@](C)(OC)[C@H]5O)O[C@@H]([C@@H]2C)[C@@H](C)C(=O)O[C@@H]3I)C[C@H](N(C)C)[C@H]4O)Cc2ccncc2)cc1OC1CCCC1. The Kier molecular flexibility index (Phi) is 19.6. The standard InChI is InChI=1S/C57H84IN3O15S/c1-31-28-56(6,69-12)50-33(3)47(73-43-29-55(5,68-11)49(64)42(72-43)27-38-26-39(60(8)9)46(63)53(71-38)74-50)34(4)51(65)75-54(58)57(7)44(32(2)45(31)62)48(52(66)76-57)77-24-23-61(30-35-19-21-59-22-20-35)36-17-18-40(67-10)41(25-36)70-37-15-13-14-16-37/h17-22,25,31-34,37-39,42-44,46-50,53-54,63-64H,13-16,23-24,26-30H2,1-12H3/t31-,32-,33+,34-,38+,39+,42+,43+,44+,46-,47+,48+,49+,50-,53+,54+,55-,56-,57+/m1/s1. The number of nitrogens with zero attached hydrogens (tertiary/aromatic N) is 3. The zero-order valence-corrected chi connectivity index (χ0v) is 49.9. The molecule has 18 nitrogen and oxygen atoms in total. The lowest BCUT2D eigenvalue weighted by Crippen LogP contribution is -2.63. The van der Waals surface area contributed by atoms with Gasteiger partial charge >= 0.3 is 11.9 Å². The number of aliphatic hydroxyl groups excluding tert-OH is 2. The number of likely N-dealkylation sites (N-methyl/N-ethyl adjacent to an activating group) is 1. The molecule has 19 atom stereocenters. The summed E-state index contributed by atoms with van der Waals surface area (Å²) in [5.41, 5.74) is -1.86. The fraction of sp³-hybridized carbons (Fsp3) is 0.754. The monoisotopic (exact) mass is 1210 g/mol. The minimum absolute atomic E-state index is 0.116. The molecular weight excluding hydrogens is 1130 g/mol. The topological polar surface area (TPSA) is 203 Å². The summed E-state index contributed by atoms with van der Waals surface area (Å²) in [6.07, 6.45) is 1.11. The number of rotatable bonds is 13. The van der Waals surface area contributed by atoms with E-state index in [4.69, 9.17) is 47.4 Å². The molecule has 2 N–H and O–H groups in total. The molecule has 6 fully saturated rings. The van der Waals surface area contributed by atoms with Crippen molar-refractivity contribution in [2.75, 3.05) is 52.6 Å². The maximum Gasteiger partial charge on any atom is 0.320 e. The second-order valence-corrected chi connectivity index (χ2v) is 25.7. The molecule has 1 aromatic carbocycles. The molecule has 0 spiro atoms. The first-order valence-electron chi connectivity index (χ1n) is 27.5. The van der Waals surface area contributed by atoms with E-state index in [1.165, 1.54) is 18.9 Å². The molecular formula is C57H84IN3O15S. The Hall–Kier alpha value is -2.90. The van der Waals surface area contributed by atoms with Crippen LogP contribution in [0.4, 0.5) is 5.69 Å². The summed E-state index contributed by atoms with van der Waals surface area (Å²) in [7, 11) is 8.51. The third kappa shape index (κ3) is 12.8. The van der Waals surface area contributed by atoms with Crippen LogP contribution in [0, 0.1) is 29.6 Å². The van der Waals surface area contributed by atoms with Crippen LogP contribution in [0.25, 0.3) is 0 Å². The van der Waals surface area contributed by atoms with Crippen LogP contribution < -0.4 is 14.4 Å². The summed E-state index contributed by atoms with van der Waals surface area (Å²) in [4.78, 5) is 53.3. The Morgan fingerprint density at radius 3 is 2.21 bits per heavy atom. The van der Waals surface area contributed by atoms with Gasteiger partial charge in [0.25, 0.3) is 0 Å². The largest absolute Gasteiger partial charge is 0.493 e. The van der Waals surface area contributed by atoms with Gasteiger partial charge in [-0.05, 0) is 133 Å². The number of hydrogen-bond donors (Lipinski definition) is 2. The Morgan fingerprint density at radius 1 is 0.844 bits per heavy atom. The molecule has 430 valence electrons. The number of Topliss-reactive ketones (excluding diaryl/α,β-unsaturated/α-hetero) is 1. The Bertz CT molecular complexity index is 2340. The Balaban J connectivity index is 1.13. The zero-order chi connectivity index (χ0) is 55.7. The molecule has 77 heavy (non-hydrogen) atoms. The maximum absolute atomic E-state index is 15.3. The van der Waals surface area contributed by atoms with Gasteiger partial charge in [0.15, 0.2) is 33.8 Å². The maximum atomic E-state index is 15.3. The first-order valence-corrected chi connectivity index (χ1v) is 29.8. The number of halogens is 1. The summed E-state index contributed by atoms with van der Waals surface area (Å²) >= 11 is 3.46. The minimum Gasteiger partial charge on any atom is -0.493 e. The molecule has 6 bridgehead atoms. The molecule has 5 saturated heterocycles. The number of fused-ring (bicyclic) bond motifs is 7. The average molecular weight is 1210 g/mol. The van der Waals surface area contributed by atoms with Crippen LogP contribution in [0.2, 0.25) is 0 Å². The number of carbonyl (C=O) groups is 3. The van der Waals surface area contributed by atoms with Gasteiger partial charge in [-0.1, -0.05) is 20.8 Å². The molecule has 1 aliphatic carbocycles. The second kappa shape index (κ2) is 25.1. The number of aromatic nitrogens is 1. The van der Waals surface area contributed by atoms with Crippen molar-refractivity contribution in [2.45, 2.75) is 194 Å². The number of alkyl halides is 1. The van der Waals surface area contributed by atoms with Crippen molar-refractivity contribution in [1.29, 1.82) is 0 Å². The van der Waals surface area contributed by atoms with Crippen LogP contribution in [0.5, 0.6) is 11.5 Å². The van der Waals surface area contributed by atoms with Crippen LogP contribution in [0.15, 0.2) is 42.7 Å². The van der Waals surface area contributed by atoms with Crippen molar-refractivity contribution < 1.29 is 72.0 Å². The molecule has 0 amide bonds. The van der Waals surface area contributed by atoms with Gasteiger partial charge < -0.3 is 67.4 Å². The molecule has 2 aromatic rings. The van der Waals surface area contributed by atoms with Crippen molar-refractivity contribution in [3.05, 3.63) is 48.3 Å². The summed E-state index contributed by atoms with van der Waals surface area (Å²) in [6.45, 7) is 13.8. The van der Waals surface area contributed by atoms with E-state index in [1.54, 1.807) is 40.5 Å². The average Bonchev–Trinajstić information content (AvgIpc) is 4.19. The number of hydrogen-bond acceptors (Lipinski definition) is 19. The minimum atomic E-state index is -1.44. The number of ether oxygens (including phenoxy) is 10. The molecule has 20 heteroatoms. The highest BCUT2D eigenvalue weighted by molar-refractivity contribution is 14.1. The van der Waals surface area contributed by atoms with Gasteiger partial charge in [0.1, 0.15) is 23.2 Å². The lowest BCUT2D eigenvalue weighted by molar-refractivity contribution is -0.339. The highest BCUT2D eigenvalue weighted by atomic mass is 127. The van der Waals surface area contributed by atoms with E-state index in [9.17, 15) is 19.8 Å². The molecule has 6 heterocycles. The zero-order valence-electron chi connectivity index (χ0n) is 47.0. The number of benzene rings is 1. The van der Waals surface area contributed by atoms with E-state index in [0.717, 1.165) is 36.9 Å². The van der Waals surface area contributed by atoms with E-state index in [2.05, 4.69) is 9.88 Å². The van der Waals surface area contributed by atoms with Gasteiger partial charge in [-0.25, -0.2) is 0 Å². The predicted octanol–water partition coefficient (Wildman–Crippen LogP) is 7.14. The van der Waals surface area contributed by atoms with Crippen molar-refractivity contribution in [3.63, 3.8) is 0 Å². The number of ketones is 1. The summed E-state index contributed by atoms with van der Waals surface area (Å²) < 4.78 is 64.0. The molecule has 6 aliphatic rings. The van der Waals surface area contributed by atoms with Crippen LogP contribution in [0.1, 0.15) is 105 Å². The van der Waals surface area contributed by atoms with Gasteiger partial charge in [0.2, 0.25) is 0 Å². The lowest BCUT2D eigenvalue weighted by Gasteiger charge is -2.52. The van der Waals surface area contributed by atoms with Crippen LogP contribution in [-0.2, 0) is 58.8 Å². The van der Waals surface area contributed by atoms with E-state index < -0.39 is 123 Å². The van der Waals surface area contributed by atoms with E-state index >= 15 is 4.79 Å². The van der Waals surface area contributed by atoms with E-state index in [-0.39, 0.29) is 31.1 Å². The molecule has 8 rings (SSSR count). The number of thioether (sulfide) groups is 1. The fourth-order valence-corrected chi connectivity index (χ4v) is 15.3. The Labute approximate surface area is 473 Å². The molecule has 1 saturated carbocycles. The summed E-state index contributed by atoms with van der Waals surface area (Å²) in [6, 6.07) is 9.51. The molecule has 0 unspecified atom stereocenters. The smallest absolute Gasteiger partial charge is 0.320 e. The number of pyridine rings is 1. The number of carbonyl (C=O) groups excluding carboxylic acids is 3. The molecule has 5 aliphatic heterocycles. The van der Waals surface area contributed by atoms with Crippen molar-refractivity contribution in [3.8, 4) is 11.5 Å². The van der Waals surface area contributed by atoms with Crippen LogP contribution >= 0.6 is 34.4 Å². The normalized spacial score (nSPS) is 40.3. The van der Waals surface area contributed by atoms with Gasteiger partial charge in [-0.2, -0.15) is 0 Å². The lowest BCUT2D eigenvalue weighted by atomic mass is 9.72. The summed E-state index contributed by atoms with van der Waals surface area (Å²) in [5.74, 6) is -3.36. The third-order valence-corrected chi connectivity index (χ3v) is 20.6.